The minimum atomic E-state index is -3.94. The number of H-pyrrole nitrogens is 1. The maximum Gasteiger partial charge on any atom is 0.261 e. The smallest absolute Gasteiger partial charge is 0.261 e. The number of rotatable bonds is 5. The molecular weight excluding hydrogens is 370 g/mol. The minimum Gasteiger partial charge on any atom is -0.497 e. The first-order valence-corrected chi connectivity index (χ1v) is 9.38. The van der Waals surface area contributed by atoms with Crippen LogP contribution in [0.25, 0.3) is 10.9 Å². The van der Waals surface area contributed by atoms with Crippen LogP contribution in [0.1, 0.15) is 10.4 Å². The molecule has 27 heavy (non-hydrogen) atoms. The fraction of sp³-hybridized carbons (Fsp3) is 0.111. The number of carbonyl (C=O) groups excluding carboxylic acids is 1. The van der Waals surface area contributed by atoms with Crippen LogP contribution in [0.15, 0.2) is 58.4 Å². The van der Waals surface area contributed by atoms with Gasteiger partial charge in [-0.3, -0.25) is 14.3 Å². The fourth-order valence-corrected chi connectivity index (χ4v) is 3.64. The number of sulfonamides is 1. The van der Waals surface area contributed by atoms with E-state index >= 15 is 0 Å². The molecule has 0 aliphatic carbocycles. The molecule has 1 heterocycles. The highest BCUT2D eigenvalue weighted by molar-refractivity contribution is 7.92. The Balaban J connectivity index is 2.06. The third kappa shape index (κ3) is 3.63. The lowest BCUT2D eigenvalue weighted by molar-refractivity contribution is 0.0962. The Labute approximate surface area is 155 Å². The molecule has 9 heteroatoms. The third-order valence-corrected chi connectivity index (χ3v) is 5.34. The van der Waals surface area contributed by atoms with Crippen LogP contribution >= 0.6 is 0 Å². The van der Waals surface area contributed by atoms with E-state index in [0.29, 0.717) is 17.0 Å². The molecule has 0 aliphatic heterocycles. The molecule has 3 rings (SSSR count). The molecule has 3 aromatic rings. The number of nitrogens with one attached hydrogen (secondary N) is 3. The summed E-state index contributed by atoms with van der Waals surface area (Å²) < 4.78 is 32.9. The Morgan fingerprint density at radius 3 is 2.63 bits per heavy atom. The number of anilines is 1. The number of aromatic amines is 1. The van der Waals surface area contributed by atoms with E-state index in [4.69, 9.17) is 4.74 Å². The Hall–Kier alpha value is -3.33. The number of amides is 1. The average Bonchev–Trinajstić information content (AvgIpc) is 2.67. The van der Waals surface area contributed by atoms with Crippen LogP contribution < -0.4 is 20.2 Å². The molecule has 0 aliphatic rings. The van der Waals surface area contributed by atoms with Crippen molar-refractivity contribution in [2.75, 3.05) is 18.9 Å². The zero-order chi connectivity index (χ0) is 19.6. The lowest BCUT2D eigenvalue weighted by Gasteiger charge is -2.10. The number of carbonyl (C=O) groups is 1. The molecular formula is C18H17N3O5S. The van der Waals surface area contributed by atoms with Gasteiger partial charge in [0.05, 0.1) is 17.7 Å². The van der Waals surface area contributed by atoms with Gasteiger partial charge >= 0.3 is 0 Å². The minimum absolute atomic E-state index is 0.0969. The monoisotopic (exact) mass is 387 g/mol. The van der Waals surface area contributed by atoms with Gasteiger partial charge in [-0.2, -0.15) is 0 Å². The van der Waals surface area contributed by atoms with Crippen LogP contribution in [0.2, 0.25) is 0 Å². The van der Waals surface area contributed by atoms with E-state index < -0.39 is 21.4 Å². The van der Waals surface area contributed by atoms with Crippen molar-refractivity contribution < 1.29 is 17.9 Å². The predicted octanol–water partition coefficient (Wildman–Crippen LogP) is 1.70. The van der Waals surface area contributed by atoms with Crippen molar-refractivity contribution in [1.29, 1.82) is 0 Å². The number of fused-ring (bicyclic) bond motifs is 1. The summed E-state index contributed by atoms with van der Waals surface area (Å²) in [5.41, 5.74) is 0.0947. The van der Waals surface area contributed by atoms with Gasteiger partial charge in [0.25, 0.3) is 15.9 Å². The number of benzene rings is 2. The Bertz CT molecular complexity index is 1190. The average molecular weight is 387 g/mol. The zero-order valence-electron chi connectivity index (χ0n) is 14.6. The molecule has 2 aromatic carbocycles. The lowest BCUT2D eigenvalue weighted by atomic mass is 10.1. The topological polar surface area (TPSA) is 117 Å². The quantitative estimate of drug-likeness (QED) is 0.616. The van der Waals surface area contributed by atoms with Gasteiger partial charge in [-0.15, -0.1) is 0 Å². The molecule has 1 aromatic heterocycles. The molecule has 0 atom stereocenters. The van der Waals surface area contributed by atoms with Crippen molar-refractivity contribution in [2.24, 2.45) is 0 Å². The van der Waals surface area contributed by atoms with Crippen LogP contribution in [0.3, 0.4) is 0 Å². The van der Waals surface area contributed by atoms with E-state index in [9.17, 15) is 18.0 Å². The number of aromatic nitrogens is 1. The number of pyridine rings is 1. The van der Waals surface area contributed by atoms with Gasteiger partial charge < -0.3 is 15.0 Å². The maximum absolute atomic E-state index is 12.7. The van der Waals surface area contributed by atoms with Gasteiger partial charge in [0, 0.05) is 30.2 Å². The van der Waals surface area contributed by atoms with Crippen LogP contribution in [0.4, 0.5) is 5.69 Å². The molecule has 0 fully saturated rings. The molecule has 3 N–H and O–H groups in total. The van der Waals surface area contributed by atoms with Crippen LogP contribution in [-0.2, 0) is 10.0 Å². The highest BCUT2D eigenvalue weighted by Gasteiger charge is 2.18. The van der Waals surface area contributed by atoms with E-state index in [-0.39, 0.29) is 15.8 Å². The van der Waals surface area contributed by atoms with Crippen molar-refractivity contribution in [2.45, 2.75) is 4.90 Å². The zero-order valence-corrected chi connectivity index (χ0v) is 15.4. The molecule has 0 bridgehead atoms. The maximum atomic E-state index is 12.7. The molecule has 8 nitrogen and oxygen atoms in total. The summed E-state index contributed by atoms with van der Waals surface area (Å²) in [6, 6.07) is 10.5. The summed E-state index contributed by atoms with van der Waals surface area (Å²) in [6.07, 6.45) is 1.30. The van der Waals surface area contributed by atoms with Crippen molar-refractivity contribution in [3.8, 4) is 5.75 Å². The van der Waals surface area contributed by atoms with Gasteiger partial charge in [0.1, 0.15) is 11.3 Å². The van der Waals surface area contributed by atoms with Crippen LogP contribution in [0.5, 0.6) is 5.75 Å². The first kappa shape index (κ1) is 18.5. The number of hydrogen-bond acceptors (Lipinski definition) is 5. The number of ether oxygens (including phenoxy) is 1. The molecule has 0 spiro atoms. The standard InChI is InChI=1S/C18H17N3O5S/c1-19-18(23)15-10-20-16-7-6-13(9-14(16)17(15)22)27(24,25)21-11-4-3-5-12(8-11)26-2/h3-10,21H,1-2H3,(H,19,23)(H,20,22). The molecule has 1 amide bonds. The third-order valence-electron chi connectivity index (χ3n) is 3.96. The van der Waals surface area contributed by atoms with E-state index in [2.05, 4.69) is 15.0 Å². The molecule has 0 radical (unpaired) electrons. The summed E-state index contributed by atoms with van der Waals surface area (Å²) in [4.78, 5) is 27.1. The predicted molar refractivity (Wildman–Crippen MR) is 102 cm³/mol. The van der Waals surface area contributed by atoms with Gasteiger partial charge in [-0.1, -0.05) is 6.07 Å². The Morgan fingerprint density at radius 2 is 1.93 bits per heavy atom. The van der Waals surface area contributed by atoms with Crippen LogP contribution in [-0.4, -0.2) is 33.5 Å². The van der Waals surface area contributed by atoms with Crippen molar-refractivity contribution >= 4 is 32.5 Å². The number of hydrogen-bond donors (Lipinski definition) is 3. The summed E-state index contributed by atoms with van der Waals surface area (Å²) in [5, 5.41) is 2.48. The summed E-state index contributed by atoms with van der Waals surface area (Å²) in [5.74, 6) is -0.0544. The van der Waals surface area contributed by atoms with Gasteiger partial charge in [0.2, 0.25) is 5.43 Å². The highest BCUT2D eigenvalue weighted by atomic mass is 32.2. The second-order valence-corrected chi connectivity index (χ2v) is 7.34. The van der Waals surface area contributed by atoms with Gasteiger partial charge in [-0.25, -0.2) is 8.42 Å². The normalized spacial score (nSPS) is 11.2. The summed E-state index contributed by atoms with van der Waals surface area (Å²) >= 11 is 0. The summed E-state index contributed by atoms with van der Waals surface area (Å²) in [6.45, 7) is 0. The second-order valence-electron chi connectivity index (χ2n) is 5.66. The van der Waals surface area contributed by atoms with E-state index in [1.165, 1.54) is 44.6 Å². The highest BCUT2D eigenvalue weighted by Crippen LogP contribution is 2.22. The lowest BCUT2D eigenvalue weighted by Crippen LogP contribution is -2.25. The molecule has 0 saturated heterocycles. The van der Waals surface area contributed by atoms with Gasteiger partial charge in [-0.05, 0) is 30.3 Å². The van der Waals surface area contributed by atoms with Crippen molar-refractivity contribution in [1.82, 2.24) is 10.3 Å². The van der Waals surface area contributed by atoms with E-state index in [1.807, 2.05) is 0 Å². The van der Waals surface area contributed by atoms with Crippen LogP contribution in [0, 0.1) is 0 Å². The van der Waals surface area contributed by atoms with E-state index in [0.717, 1.165) is 0 Å². The van der Waals surface area contributed by atoms with Crippen molar-refractivity contribution in [3.63, 3.8) is 0 Å². The largest absolute Gasteiger partial charge is 0.497 e. The molecule has 140 valence electrons. The first-order chi connectivity index (χ1) is 12.9. The number of methoxy groups -OCH3 is 1. The van der Waals surface area contributed by atoms with E-state index in [1.54, 1.807) is 18.2 Å². The Morgan fingerprint density at radius 1 is 1.15 bits per heavy atom. The van der Waals surface area contributed by atoms with Crippen molar-refractivity contribution in [3.05, 3.63) is 64.4 Å². The SMILES string of the molecule is CNC(=O)c1c[nH]c2ccc(S(=O)(=O)Nc3cccc(OC)c3)cc2c1=O. The molecule has 0 unspecified atom stereocenters. The molecule has 0 saturated carbocycles. The second kappa shape index (κ2) is 7.12. The summed E-state index contributed by atoms with van der Waals surface area (Å²) in [7, 11) is -1.06. The Kier molecular flexibility index (Phi) is 4.87. The fourth-order valence-electron chi connectivity index (χ4n) is 2.57. The van der Waals surface area contributed by atoms with Gasteiger partial charge in [0.15, 0.2) is 0 Å². The first-order valence-electron chi connectivity index (χ1n) is 7.90.